The highest BCUT2D eigenvalue weighted by Crippen LogP contribution is 2.49. The molecule has 0 bridgehead atoms. The third-order valence-electron chi connectivity index (χ3n) is 5.80. The van der Waals surface area contributed by atoms with E-state index in [9.17, 15) is 0 Å². The van der Waals surface area contributed by atoms with E-state index in [-0.39, 0.29) is 11.0 Å². The minimum atomic E-state index is -0.0639. The summed E-state index contributed by atoms with van der Waals surface area (Å²) >= 11 is 0. The van der Waals surface area contributed by atoms with E-state index in [2.05, 4.69) is 86.7 Å². The Bertz CT molecular complexity index is 956. The Morgan fingerprint density at radius 3 is 2.67 bits per heavy atom. The molecule has 0 spiro atoms. The van der Waals surface area contributed by atoms with Crippen LogP contribution in [0, 0.1) is 0 Å². The third kappa shape index (κ3) is 3.20. The first-order chi connectivity index (χ1) is 12.9. The molecule has 3 aromatic rings. The van der Waals surface area contributed by atoms with E-state index in [0.29, 0.717) is 0 Å². The summed E-state index contributed by atoms with van der Waals surface area (Å²) in [5.74, 6) is 0.952. The molecule has 2 aromatic carbocycles. The average molecular weight is 363 g/mol. The van der Waals surface area contributed by atoms with Gasteiger partial charge >= 0.3 is 0 Å². The summed E-state index contributed by atoms with van der Waals surface area (Å²) in [5.41, 5.74) is 5.04. The van der Waals surface area contributed by atoms with Crippen molar-refractivity contribution in [3.05, 3.63) is 59.8 Å². The van der Waals surface area contributed by atoms with Gasteiger partial charge in [-0.15, -0.1) is 0 Å². The minimum absolute atomic E-state index is 0.00215. The first-order valence-electron chi connectivity index (χ1n) is 10.0. The highest BCUT2D eigenvalue weighted by Gasteiger charge is 2.42. The fourth-order valence-electron chi connectivity index (χ4n) is 4.69. The molecule has 3 nitrogen and oxygen atoms in total. The highest BCUT2D eigenvalue weighted by molar-refractivity contribution is 5.85. The number of aromatic nitrogens is 1. The van der Waals surface area contributed by atoms with Gasteiger partial charge in [0.15, 0.2) is 0 Å². The van der Waals surface area contributed by atoms with Gasteiger partial charge in [-0.05, 0) is 49.9 Å². The van der Waals surface area contributed by atoms with Gasteiger partial charge in [0, 0.05) is 39.8 Å². The zero-order valence-corrected chi connectivity index (χ0v) is 16.9. The number of para-hydroxylation sites is 1. The molecule has 0 saturated heterocycles. The number of benzene rings is 2. The van der Waals surface area contributed by atoms with E-state index in [4.69, 9.17) is 4.74 Å². The highest BCUT2D eigenvalue weighted by atomic mass is 16.5. The number of fused-ring (bicyclic) bond motifs is 2. The zero-order valence-electron chi connectivity index (χ0n) is 16.9. The van der Waals surface area contributed by atoms with Crippen LogP contribution in [0.15, 0.2) is 48.7 Å². The number of rotatable bonds is 5. The Morgan fingerprint density at radius 2 is 1.85 bits per heavy atom. The largest absolute Gasteiger partial charge is 0.494 e. The molecule has 0 radical (unpaired) electrons. The maximum Gasteiger partial charge on any atom is 0.121 e. The summed E-state index contributed by atoms with van der Waals surface area (Å²) in [7, 11) is 0. The molecule has 27 heavy (non-hydrogen) atoms. The maximum atomic E-state index is 5.96. The Kier molecular flexibility index (Phi) is 4.41. The fourth-order valence-corrected chi connectivity index (χ4v) is 4.69. The molecular formula is C24H30N2O. The van der Waals surface area contributed by atoms with Crippen LogP contribution in [0.3, 0.4) is 0 Å². The molecule has 0 aliphatic carbocycles. The van der Waals surface area contributed by atoms with Crippen molar-refractivity contribution in [1.82, 2.24) is 4.98 Å². The van der Waals surface area contributed by atoms with Gasteiger partial charge in [0.2, 0.25) is 0 Å². The molecule has 1 aliphatic heterocycles. The van der Waals surface area contributed by atoms with Crippen LogP contribution in [0.25, 0.3) is 10.9 Å². The number of anilines is 1. The van der Waals surface area contributed by atoms with Crippen molar-refractivity contribution in [3.63, 3.8) is 0 Å². The summed E-state index contributed by atoms with van der Waals surface area (Å²) in [4.78, 5) is 3.47. The van der Waals surface area contributed by atoms with E-state index < -0.39 is 0 Å². The van der Waals surface area contributed by atoms with Gasteiger partial charge in [-0.3, -0.25) is 0 Å². The average Bonchev–Trinajstić information content (AvgIpc) is 3.05. The van der Waals surface area contributed by atoms with Crippen molar-refractivity contribution in [2.75, 3.05) is 11.9 Å². The van der Waals surface area contributed by atoms with Crippen LogP contribution in [0.4, 0.5) is 5.69 Å². The standard InChI is InChI=1S/C24H30N2O/c1-5-6-13-27-17-11-12-19-22(14-17)26-23(2,3)16-24(19,4)20-15-25-21-10-8-7-9-18(20)21/h7-12,14-15,25-26H,5-6,13,16H2,1-4H3/t24-/m0/s1. The molecule has 1 aliphatic rings. The Balaban J connectivity index is 1.80. The molecule has 0 fully saturated rings. The molecule has 3 heteroatoms. The summed E-state index contributed by atoms with van der Waals surface area (Å²) in [6.07, 6.45) is 5.46. The van der Waals surface area contributed by atoms with Crippen molar-refractivity contribution in [2.24, 2.45) is 0 Å². The van der Waals surface area contributed by atoms with Gasteiger partial charge < -0.3 is 15.0 Å². The maximum absolute atomic E-state index is 5.96. The van der Waals surface area contributed by atoms with Gasteiger partial charge in [-0.1, -0.05) is 44.5 Å². The molecule has 1 aromatic heterocycles. The van der Waals surface area contributed by atoms with E-state index >= 15 is 0 Å². The van der Waals surface area contributed by atoms with Crippen molar-refractivity contribution < 1.29 is 4.74 Å². The number of aromatic amines is 1. The lowest BCUT2D eigenvalue weighted by atomic mass is 9.66. The smallest absolute Gasteiger partial charge is 0.121 e. The Morgan fingerprint density at radius 1 is 1.04 bits per heavy atom. The van der Waals surface area contributed by atoms with Gasteiger partial charge in [-0.25, -0.2) is 0 Å². The van der Waals surface area contributed by atoms with Crippen LogP contribution in [0.1, 0.15) is 58.1 Å². The first-order valence-corrected chi connectivity index (χ1v) is 10.0. The molecule has 2 heterocycles. The van der Waals surface area contributed by atoms with Crippen LogP contribution in [0.2, 0.25) is 0 Å². The third-order valence-corrected chi connectivity index (χ3v) is 5.80. The minimum Gasteiger partial charge on any atom is -0.494 e. The van der Waals surface area contributed by atoms with Gasteiger partial charge in [0.25, 0.3) is 0 Å². The first kappa shape index (κ1) is 18.0. The Hall–Kier alpha value is -2.42. The number of hydrogen-bond acceptors (Lipinski definition) is 2. The van der Waals surface area contributed by atoms with Crippen LogP contribution < -0.4 is 10.1 Å². The van der Waals surface area contributed by atoms with Crippen LogP contribution >= 0.6 is 0 Å². The molecule has 2 N–H and O–H groups in total. The second kappa shape index (κ2) is 6.63. The second-order valence-corrected chi connectivity index (χ2v) is 8.68. The quantitative estimate of drug-likeness (QED) is 0.527. The Labute approximate surface area is 162 Å². The molecule has 1 atom stereocenters. The number of nitrogens with one attached hydrogen (secondary N) is 2. The van der Waals surface area contributed by atoms with Crippen molar-refractivity contribution in [2.45, 2.75) is 57.9 Å². The van der Waals surface area contributed by atoms with Crippen molar-refractivity contribution in [3.8, 4) is 5.75 Å². The van der Waals surface area contributed by atoms with E-state index in [1.165, 1.54) is 27.7 Å². The predicted molar refractivity (Wildman–Crippen MR) is 114 cm³/mol. The van der Waals surface area contributed by atoms with Crippen LogP contribution in [0.5, 0.6) is 5.75 Å². The van der Waals surface area contributed by atoms with Crippen molar-refractivity contribution >= 4 is 16.6 Å². The summed E-state index contributed by atoms with van der Waals surface area (Å²) < 4.78 is 5.96. The van der Waals surface area contributed by atoms with Gasteiger partial charge in [-0.2, -0.15) is 0 Å². The van der Waals surface area contributed by atoms with Gasteiger partial charge in [0.1, 0.15) is 5.75 Å². The van der Waals surface area contributed by atoms with Gasteiger partial charge in [0.05, 0.1) is 6.61 Å². The molecule has 0 saturated carbocycles. The lowest BCUT2D eigenvalue weighted by Gasteiger charge is -2.45. The lowest BCUT2D eigenvalue weighted by Crippen LogP contribution is -2.45. The predicted octanol–water partition coefficient (Wildman–Crippen LogP) is 6.25. The summed E-state index contributed by atoms with van der Waals surface area (Å²) in [6.45, 7) is 9.91. The molecule has 0 unspecified atom stereocenters. The fraction of sp³-hybridized carbons (Fsp3) is 0.417. The second-order valence-electron chi connectivity index (χ2n) is 8.68. The number of H-pyrrole nitrogens is 1. The molecule has 142 valence electrons. The van der Waals surface area contributed by atoms with E-state index in [1.807, 2.05) is 0 Å². The number of ether oxygens (including phenoxy) is 1. The SMILES string of the molecule is CCCCOc1ccc2c(c1)NC(C)(C)C[C@]2(C)c1c[nH]c2ccccc12. The number of hydrogen-bond donors (Lipinski definition) is 2. The molecule has 0 amide bonds. The summed E-state index contributed by atoms with van der Waals surface area (Å²) in [6, 6.07) is 15.1. The monoisotopic (exact) mass is 362 g/mol. The number of unbranched alkanes of at least 4 members (excludes halogenated alkanes) is 1. The zero-order chi connectivity index (χ0) is 19.1. The lowest BCUT2D eigenvalue weighted by molar-refractivity contribution is 0.308. The van der Waals surface area contributed by atoms with E-state index in [0.717, 1.165) is 31.6 Å². The topological polar surface area (TPSA) is 37.0 Å². The van der Waals surface area contributed by atoms with E-state index in [1.54, 1.807) is 0 Å². The molecular weight excluding hydrogens is 332 g/mol. The van der Waals surface area contributed by atoms with Crippen LogP contribution in [-0.4, -0.2) is 17.1 Å². The van der Waals surface area contributed by atoms with Crippen LogP contribution in [-0.2, 0) is 5.41 Å². The molecule has 4 rings (SSSR count). The van der Waals surface area contributed by atoms with Crippen molar-refractivity contribution in [1.29, 1.82) is 0 Å². The normalized spacial score (nSPS) is 20.9. The summed E-state index contributed by atoms with van der Waals surface area (Å²) in [5, 5.41) is 5.05.